The molecule has 0 radical (unpaired) electrons. The second-order valence-electron chi connectivity index (χ2n) is 5.66. The average molecular weight is 287 g/mol. The molecule has 0 saturated heterocycles. The molecule has 0 heterocycles. The minimum atomic E-state index is -0.0286. The molecule has 0 N–H and O–H groups in total. The van der Waals surface area contributed by atoms with Gasteiger partial charge in [-0.3, -0.25) is 4.79 Å². The van der Waals surface area contributed by atoms with E-state index in [-0.39, 0.29) is 17.1 Å². The third kappa shape index (κ3) is 3.73. The molecule has 18 heavy (non-hydrogen) atoms. The molecule has 0 aromatic heterocycles. The quantitative estimate of drug-likeness (QED) is 0.715. The van der Waals surface area contributed by atoms with Crippen molar-refractivity contribution in [3.8, 4) is 0 Å². The Morgan fingerprint density at radius 3 is 2.39 bits per heavy atom. The van der Waals surface area contributed by atoms with Gasteiger partial charge < -0.3 is 0 Å². The van der Waals surface area contributed by atoms with E-state index >= 15 is 0 Å². The molecule has 1 unspecified atom stereocenters. The fraction of sp³-hybridized carbons (Fsp3) is 0.533. The van der Waals surface area contributed by atoms with E-state index in [1.54, 1.807) is 6.07 Å². The van der Waals surface area contributed by atoms with Crippen LogP contribution in [0.25, 0.3) is 0 Å². The van der Waals surface area contributed by atoms with Gasteiger partial charge in [-0.25, -0.2) is 0 Å². The van der Waals surface area contributed by atoms with Crippen molar-refractivity contribution in [2.24, 2.45) is 5.41 Å². The lowest BCUT2D eigenvalue weighted by atomic mass is 9.73. The Kier molecular flexibility index (Phi) is 5.24. The summed E-state index contributed by atoms with van der Waals surface area (Å²) in [6.45, 7) is 8.26. The zero-order chi connectivity index (χ0) is 13.9. The van der Waals surface area contributed by atoms with Crippen molar-refractivity contribution in [1.82, 2.24) is 0 Å². The molecule has 0 aliphatic carbocycles. The van der Waals surface area contributed by atoms with Crippen molar-refractivity contribution in [3.63, 3.8) is 0 Å². The highest BCUT2D eigenvalue weighted by Crippen LogP contribution is 2.42. The highest BCUT2D eigenvalue weighted by atomic mass is 35.5. The van der Waals surface area contributed by atoms with Crippen LogP contribution in [0, 0.1) is 5.41 Å². The molecular weight excluding hydrogens is 267 g/mol. The predicted octanol–water partition coefficient (Wildman–Crippen LogP) is 5.49. The van der Waals surface area contributed by atoms with E-state index in [9.17, 15) is 4.79 Å². The van der Waals surface area contributed by atoms with Crippen LogP contribution in [-0.4, -0.2) is 5.78 Å². The first-order valence-electron chi connectivity index (χ1n) is 6.23. The van der Waals surface area contributed by atoms with Crippen LogP contribution in [-0.2, 0) is 4.79 Å². The zero-order valence-corrected chi connectivity index (χ0v) is 12.9. The number of hydrogen-bond donors (Lipinski definition) is 0. The normalized spacial score (nSPS) is 13.4. The second-order valence-corrected chi connectivity index (χ2v) is 6.44. The first-order valence-corrected chi connectivity index (χ1v) is 6.98. The number of carbonyl (C=O) groups excluding carboxylic acids is 1. The van der Waals surface area contributed by atoms with E-state index in [0.29, 0.717) is 22.9 Å². The van der Waals surface area contributed by atoms with Gasteiger partial charge in [-0.1, -0.05) is 63.0 Å². The van der Waals surface area contributed by atoms with Crippen LogP contribution in [0.3, 0.4) is 0 Å². The summed E-state index contributed by atoms with van der Waals surface area (Å²) in [5.74, 6) is 0.349. The molecule has 100 valence electrons. The van der Waals surface area contributed by atoms with Crippen LogP contribution >= 0.6 is 23.2 Å². The van der Waals surface area contributed by atoms with Crippen molar-refractivity contribution in [2.75, 3.05) is 0 Å². The highest BCUT2D eigenvalue weighted by Gasteiger charge is 2.30. The van der Waals surface area contributed by atoms with Crippen LogP contribution < -0.4 is 0 Å². The van der Waals surface area contributed by atoms with E-state index in [4.69, 9.17) is 23.2 Å². The fourth-order valence-corrected chi connectivity index (χ4v) is 2.48. The summed E-state index contributed by atoms with van der Waals surface area (Å²) < 4.78 is 0. The molecule has 1 aromatic rings. The van der Waals surface area contributed by atoms with Gasteiger partial charge in [0.25, 0.3) is 0 Å². The number of hydrogen-bond acceptors (Lipinski definition) is 1. The molecule has 0 amide bonds. The molecule has 1 rings (SSSR count). The third-order valence-corrected chi connectivity index (χ3v) is 4.06. The van der Waals surface area contributed by atoms with E-state index in [0.717, 1.165) is 5.56 Å². The molecule has 0 bridgehead atoms. The predicted molar refractivity (Wildman–Crippen MR) is 78.6 cm³/mol. The number of rotatable bonds is 4. The van der Waals surface area contributed by atoms with E-state index < -0.39 is 0 Å². The summed E-state index contributed by atoms with van der Waals surface area (Å²) in [5, 5.41) is 1.12. The monoisotopic (exact) mass is 286 g/mol. The van der Waals surface area contributed by atoms with Crippen molar-refractivity contribution < 1.29 is 4.79 Å². The second kappa shape index (κ2) is 6.08. The summed E-state index contributed by atoms with van der Waals surface area (Å²) in [7, 11) is 0. The maximum absolute atomic E-state index is 11.8. The molecule has 0 aliphatic rings. The number of carbonyl (C=O) groups is 1. The van der Waals surface area contributed by atoms with Crippen molar-refractivity contribution >= 4 is 29.0 Å². The number of halogens is 2. The van der Waals surface area contributed by atoms with Gasteiger partial charge in [0.1, 0.15) is 5.78 Å². The largest absolute Gasteiger partial charge is 0.300 e. The minimum absolute atomic E-state index is 0.0286. The smallest absolute Gasteiger partial charge is 0.133 e. The minimum Gasteiger partial charge on any atom is -0.300 e. The molecule has 1 nitrogen and oxygen atoms in total. The Morgan fingerprint density at radius 2 is 1.89 bits per heavy atom. The van der Waals surface area contributed by atoms with Gasteiger partial charge in [-0.05, 0) is 23.0 Å². The van der Waals surface area contributed by atoms with E-state index in [1.807, 2.05) is 19.1 Å². The third-order valence-electron chi connectivity index (χ3n) is 3.23. The van der Waals surface area contributed by atoms with Gasteiger partial charge in [0, 0.05) is 12.8 Å². The molecule has 0 spiro atoms. The molecule has 0 aliphatic heterocycles. The first-order chi connectivity index (χ1) is 8.27. The number of Topliss-reactive ketones (excluding diaryl/α,β-unsaturated/α-hetero) is 1. The van der Waals surface area contributed by atoms with Crippen LogP contribution in [0.4, 0.5) is 0 Å². The average Bonchev–Trinajstić information content (AvgIpc) is 2.28. The first kappa shape index (κ1) is 15.5. The van der Waals surface area contributed by atoms with Crippen LogP contribution in [0.15, 0.2) is 18.2 Å². The van der Waals surface area contributed by atoms with E-state index in [2.05, 4.69) is 20.8 Å². The van der Waals surface area contributed by atoms with Gasteiger partial charge >= 0.3 is 0 Å². The van der Waals surface area contributed by atoms with Crippen LogP contribution in [0.1, 0.15) is 52.0 Å². The van der Waals surface area contributed by atoms with Gasteiger partial charge in [0.05, 0.1) is 10.0 Å². The summed E-state index contributed by atoms with van der Waals surface area (Å²) >= 11 is 12.3. The molecule has 1 aromatic carbocycles. The van der Waals surface area contributed by atoms with Gasteiger partial charge in [0.15, 0.2) is 0 Å². The Labute approximate surface area is 119 Å². The van der Waals surface area contributed by atoms with Crippen molar-refractivity contribution in [1.29, 1.82) is 0 Å². The lowest BCUT2D eigenvalue weighted by molar-refractivity contribution is -0.119. The van der Waals surface area contributed by atoms with E-state index in [1.165, 1.54) is 0 Å². The maximum atomic E-state index is 11.8. The van der Waals surface area contributed by atoms with Crippen LogP contribution in [0.5, 0.6) is 0 Å². The Hall–Kier alpha value is -0.530. The van der Waals surface area contributed by atoms with Gasteiger partial charge in [-0.2, -0.15) is 0 Å². The van der Waals surface area contributed by atoms with Gasteiger partial charge in [-0.15, -0.1) is 0 Å². The van der Waals surface area contributed by atoms with Crippen LogP contribution in [0.2, 0.25) is 10.0 Å². The highest BCUT2D eigenvalue weighted by molar-refractivity contribution is 6.42. The Balaban J connectivity index is 3.18. The summed E-state index contributed by atoms with van der Waals surface area (Å²) in [6.07, 6.45) is 1.07. The molecule has 3 heteroatoms. The van der Waals surface area contributed by atoms with Crippen molar-refractivity contribution in [3.05, 3.63) is 33.8 Å². The molecular formula is C15H20Cl2O. The van der Waals surface area contributed by atoms with Gasteiger partial charge in [0.2, 0.25) is 0 Å². The van der Waals surface area contributed by atoms with Crippen molar-refractivity contribution in [2.45, 2.75) is 46.5 Å². The Morgan fingerprint density at radius 1 is 1.28 bits per heavy atom. The topological polar surface area (TPSA) is 17.1 Å². The number of ketones is 1. The maximum Gasteiger partial charge on any atom is 0.133 e. The summed E-state index contributed by atoms with van der Waals surface area (Å²) in [5.41, 5.74) is 0.942. The SMILES string of the molecule is CCC(=O)CC(c1cccc(Cl)c1Cl)C(C)(C)C. The number of benzene rings is 1. The summed E-state index contributed by atoms with van der Waals surface area (Å²) in [4.78, 5) is 11.8. The Bertz CT molecular complexity index is 433. The lowest BCUT2D eigenvalue weighted by Crippen LogP contribution is -2.21. The molecule has 1 atom stereocenters. The zero-order valence-electron chi connectivity index (χ0n) is 11.4. The fourth-order valence-electron chi connectivity index (χ4n) is 2.04. The standard InChI is InChI=1S/C15H20Cl2O/c1-5-10(18)9-12(15(2,3)4)11-7-6-8-13(16)14(11)17/h6-8,12H,5,9H2,1-4H3. The lowest BCUT2D eigenvalue weighted by Gasteiger charge is -2.31. The molecule has 0 saturated carbocycles. The summed E-state index contributed by atoms with van der Waals surface area (Å²) in [6, 6.07) is 5.63. The molecule has 0 fully saturated rings.